The molecule has 0 fully saturated rings. The molecule has 0 saturated carbocycles. The van der Waals surface area contributed by atoms with E-state index in [1.54, 1.807) is 23.2 Å². The summed E-state index contributed by atoms with van der Waals surface area (Å²) in [6, 6.07) is 17.1. The van der Waals surface area contributed by atoms with Gasteiger partial charge in [-0.05, 0) is 24.3 Å². The number of rotatable bonds is 2. The number of carbonyl (C=O) groups is 1. The van der Waals surface area contributed by atoms with Gasteiger partial charge in [0.15, 0.2) is 0 Å². The lowest BCUT2D eigenvalue weighted by atomic mass is 10.0. The van der Waals surface area contributed by atoms with Crippen LogP contribution in [0.5, 0.6) is 5.75 Å². The Hall–Kier alpha value is -3.27. The highest BCUT2D eigenvalue weighted by Crippen LogP contribution is 2.33. The van der Waals surface area contributed by atoms with Gasteiger partial charge in [-0.3, -0.25) is 4.90 Å². The number of nitrogens with zero attached hydrogens (tertiary/aromatic N) is 2. The molecule has 1 amide bonds. The molecule has 0 saturated heterocycles. The quantitative estimate of drug-likeness (QED) is 0.676. The zero-order valence-corrected chi connectivity index (χ0v) is 13.9. The molecule has 3 aromatic rings. The summed E-state index contributed by atoms with van der Waals surface area (Å²) in [4.78, 5) is 14.3. The Morgan fingerprint density at radius 2 is 1.76 bits per heavy atom. The summed E-state index contributed by atoms with van der Waals surface area (Å²) in [7, 11) is 2.01. The van der Waals surface area contributed by atoms with E-state index in [1.807, 2.05) is 55.6 Å². The predicted molar refractivity (Wildman–Crippen MR) is 98.2 cm³/mol. The molecule has 1 aliphatic rings. The first kappa shape index (κ1) is 15.3. The molecule has 0 radical (unpaired) electrons. The molecule has 2 heterocycles. The topological polar surface area (TPSA) is 34.5 Å². The number of aryl methyl sites for hydroxylation is 1. The molecule has 25 heavy (non-hydrogen) atoms. The van der Waals surface area contributed by atoms with Gasteiger partial charge in [0.1, 0.15) is 5.75 Å². The molecular weight excluding hydrogens is 312 g/mol. The number of hydrogen-bond donors (Lipinski definition) is 0. The van der Waals surface area contributed by atoms with Gasteiger partial charge in [0.05, 0.1) is 6.04 Å². The fraction of sp³-hybridized carbons (Fsp3) is 0.0952. The molecule has 4 rings (SSSR count). The molecule has 0 aliphatic carbocycles. The van der Waals surface area contributed by atoms with Gasteiger partial charge in [-0.15, -0.1) is 0 Å². The van der Waals surface area contributed by atoms with Gasteiger partial charge in [0.25, 0.3) is 0 Å². The summed E-state index contributed by atoms with van der Waals surface area (Å²) in [6.45, 7) is 0. The van der Waals surface area contributed by atoms with Crippen molar-refractivity contribution in [2.24, 2.45) is 7.05 Å². The van der Waals surface area contributed by atoms with E-state index in [4.69, 9.17) is 4.74 Å². The van der Waals surface area contributed by atoms with Crippen molar-refractivity contribution in [1.82, 2.24) is 9.47 Å². The predicted octanol–water partition coefficient (Wildman–Crippen LogP) is 4.80. The maximum Gasteiger partial charge on any atom is 0.420 e. The summed E-state index contributed by atoms with van der Waals surface area (Å²) in [5, 5.41) is 1.13. The summed E-state index contributed by atoms with van der Waals surface area (Å²) in [5.74, 6) is 0.534. The van der Waals surface area contributed by atoms with Crippen molar-refractivity contribution in [3.8, 4) is 5.75 Å². The lowest BCUT2D eigenvalue weighted by molar-refractivity contribution is 0.161. The minimum Gasteiger partial charge on any atom is -0.410 e. The molecule has 0 bridgehead atoms. The number of aromatic nitrogens is 1. The lowest BCUT2D eigenvalue weighted by Crippen LogP contribution is -2.32. The van der Waals surface area contributed by atoms with Crippen molar-refractivity contribution in [2.75, 3.05) is 0 Å². The third kappa shape index (κ3) is 2.83. The van der Waals surface area contributed by atoms with E-state index in [1.165, 1.54) is 0 Å². The highest BCUT2D eigenvalue weighted by Gasteiger charge is 2.27. The van der Waals surface area contributed by atoms with Gasteiger partial charge in [-0.2, -0.15) is 0 Å². The molecule has 4 nitrogen and oxygen atoms in total. The van der Waals surface area contributed by atoms with Gasteiger partial charge in [-0.25, -0.2) is 4.79 Å². The minimum absolute atomic E-state index is 0.202. The molecule has 0 spiro atoms. The van der Waals surface area contributed by atoms with Crippen LogP contribution in [0.3, 0.4) is 0 Å². The van der Waals surface area contributed by atoms with Crippen LogP contribution in [0.4, 0.5) is 4.79 Å². The number of allylic oxidation sites excluding steroid dienone is 2. The summed E-state index contributed by atoms with van der Waals surface area (Å²) in [6.07, 6.45) is 9.24. The molecule has 124 valence electrons. The summed E-state index contributed by atoms with van der Waals surface area (Å²) < 4.78 is 7.60. The number of para-hydroxylation sites is 2. The van der Waals surface area contributed by atoms with Crippen LogP contribution in [-0.4, -0.2) is 15.6 Å². The SMILES string of the molecule is Cn1cc(C2C=CC=CN2C(=O)Oc2ccccc2)c2ccccc21. The van der Waals surface area contributed by atoms with Crippen molar-refractivity contribution in [3.63, 3.8) is 0 Å². The van der Waals surface area contributed by atoms with Crippen molar-refractivity contribution >= 4 is 17.0 Å². The monoisotopic (exact) mass is 330 g/mol. The van der Waals surface area contributed by atoms with Crippen LogP contribution in [0.15, 0.2) is 85.2 Å². The van der Waals surface area contributed by atoms with Crippen LogP contribution < -0.4 is 4.74 Å². The van der Waals surface area contributed by atoms with E-state index >= 15 is 0 Å². The molecular formula is C21H18N2O2. The molecule has 4 heteroatoms. The number of carbonyl (C=O) groups excluding carboxylic acids is 1. The second-order valence-electron chi connectivity index (χ2n) is 5.97. The number of hydrogen-bond acceptors (Lipinski definition) is 2. The zero-order valence-electron chi connectivity index (χ0n) is 13.9. The number of amides is 1. The van der Waals surface area contributed by atoms with Crippen molar-refractivity contribution in [2.45, 2.75) is 6.04 Å². The normalized spacial score (nSPS) is 16.4. The largest absolute Gasteiger partial charge is 0.420 e. The molecule has 1 atom stereocenters. The first-order chi connectivity index (χ1) is 12.2. The first-order valence-electron chi connectivity index (χ1n) is 8.18. The van der Waals surface area contributed by atoms with Crippen LogP contribution in [0.25, 0.3) is 10.9 Å². The number of fused-ring (bicyclic) bond motifs is 1. The molecule has 1 aromatic heterocycles. The van der Waals surface area contributed by atoms with E-state index in [-0.39, 0.29) is 6.04 Å². The van der Waals surface area contributed by atoms with Crippen LogP contribution in [-0.2, 0) is 7.05 Å². The van der Waals surface area contributed by atoms with E-state index in [0.29, 0.717) is 5.75 Å². The van der Waals surface area contributed by atoms with Gasteiger partial charge < -0.3 is 9.30 Å². The third-order valence-electron chi connectivity index (χ3n) is 4.36. The van der Waals surface area contributed by atoms with Crippen LogP contribution in [0.2, 0.25) is 0 Å². The fourth-order valence-corrected chi connectivity index (χ4v) is 3.18. The second kappa shape index (κ2) is 6.32. The third-order valence-corrected chi connectivity index (χ3v) is 4.36. The van der Waals surface area contributed by atoms with Crippen LogP contribution >= 0.6 is 0 Å². The Morgan fingerprint density at radius 3 is 2.60 bits per heavy atom. The molecule has 1 unspecified atom stereocenters. The van der Waals surface area contributed by atoms with Crippen LogP contribution in [0.1, 0.15) is 11.6 Å². The summed E-state index contributed by atoms with van der Waals surface area (Å²) in [5.41, 5.74) is 2.21. The number of ether oxygens (including phenoxy) is 1. The van der Waals surface area contributed by atoms with Crippen molar-refractivity contribution < 1.29 is 9.53 Å². The Bertz CT molecular complexity index is 970. The summed E-state index contributed by atoms with van der Waals surface area (Å²) >= 11 is 0. The average molecular weight is 330 g/mol. The van der Waals surface area contributed by atoms with E-state index in [2.05, 4.69) is 22.9 Å². The first-order valence-corrected chi connectivity index (χ1v) is 8.18. The fourth-order valence-electron chi connectivity index (χ4n) is 3.18. The van der Waals surface area contributed by atoms with Gasteiger partial charge in [0.2, 0.25) is 0 Å². The Kier molecular flexibility index (Phi) is 3.86. The average Bonchev–Trinajstić information content (AvgIpc) is 3.00. The van der Waals surface area contributed by atoms with E-state index < -0.39 is 6.09 Å². The molecule has 0 N–H and O–H groups in total. The maximum atomic E-state index is 12.7. The van der Waals surface area contributed by atoms with Crippen molar-refractivity contribution in [1.29, 1.82) is 0 Å². The van der Waals surface area contributed by atoms with Crippen molar-refractivity contribution in [3.05, 3.63) is 90.8 Å². The van der Waals surface area contributed by atoms with Gasteiger partial charge in [0, 0.05) is 35.9 Å². The van der Waals surface area contributed by atoms with Gasteiger partial charge >= 0.3 is 6.09 Å². The Morgan fingerprint density at radius 1 is 1.00 bits per heavy atom. The van der Waals surface area contributed by atoms with E-state index in [0.717, 1.165) is 16.5 Å². The molecule has 2 aromatic carbocycles. The minimum atomic E-state index is -0.398. The number of benzene rings is 2. The highest BCUT2D eigenvalue weighted by atomic mass is 16.6. The van der Waals surface area contributed by atoms with E-state index in [9.17, 15) is 4.79 Å². The Labute approximate surface area is 146 Å². The lowest BCUT2D eigenvalue weighted by Gasteiger charge is -2.27. The highest BCUT2D eigenvalue weighted by molar-refractivity contribution is 5.85. The second-order valence-corrected chi connectivity index (χ2v) is 5.97. The van der Waals surface area contributed by atoms with Gasteiger partial charge in [-0.1, -0.05) is 48.6 Å². The maximum absolute atomic E-state index is 12.7. The standard InChI is InChI=1S/C21H18N2O2/c1-22-15-18(17-11-5-6-12-19(17)22)20-13-7-8-14-23(20)21(24)25-16-9-3-2-4-10-16/h2-15,20H,1H3. The van der Waals surface area contributed by atoms with Crippen LogP contribution in [0, 0.1) is 0 Å². The zero-order chi connectivity index (χ0) is 17.2. The molecule has 1 aliphatic heterocycles. The smallest absolute Gasteiger partial charge is 0.410 e. The Balaban J connectivity index is 1.69.